The Kier molecular flexibility index (Phi) is 4.55. The molecule has 0 atom stereocenters. The number of carbonyl (C=O) groups is 1. The SMILES string of the molecule is C=CCN(CC=C)Cc1c(C(=O)O)nc2ccc(C)cn12. The van der Waals surface area contributed by atoms with Gasteiger partial charge in [0.1, 0.15) is 5.65 Å². The fourth-order valence-corrected chi connectivity index (χ4v) is 2.30. The molecule has 2 aromatic heterocycles. The molecule has 0 aromatic carbocycles. The first-order chi connectivity index (χ1) is 10.1. The van der Waals surface area contributed by atoms with Crippen molar-refractivity contribution in [3.05, 3.63) is 60.6 Å². The molecule has 0 saturated heterocycles. The highest BCUT2D eigenvalue weighted by atomic mass is 16.4. The number of nitrogens with zero attached hydrogens (tertiary/aromatic N) is 3. The zero-order valence-electron chi connectivity index (χ0n) is 12.1. The summed E-state index contributed by atoms with van der Waals surface area (Å²) in [7, 11) is 0. The van der Waals surface area contributed by atoms with Crippen molar-refractivity contribution in [1.29, 1.82) is 0 Å². The van der Waals surface area contributed by atoms with Gasteiger partial charge in [-0.25, -0.2) is 9.78 Å². The first kappa shape index (κ1) is 15.0. The molecule has 1 N–H and O–H groups in total. The van der Waals surface area contributed by atoms with E-state index in [1.807, 2.05) is 29.7 Å². The van der Waals surface area contributed by atoms with Gasteiger partial charge < -0.3 is 9.51 Å². The van der Waals surface area contributed by atoms with E-state index in [1.54, 1.807) is 12.2 Å². The maximum absolute atomic E-state index is 11.4. The van der Waals surface area contributed by atoms with Gasteiger partial charge in [-0.1, -0.05) is 18.2 Å². The van der Waals surface area contributed by atoms with E-state index in [0.29, 0.717) is 31.0 Å². The summed E-state index contributed by atoms with van der Waals surface area (Å²) >= 11 is 0. The van der Waals surface area contributed by atoms with Crippen LogP contribution in [0, 0.1) is 6.92 Å². The van der Waals surface area contributed by atoms with Crippen LogP contribution in [0.25, 0.3) is 5.65 Å². The molecule has 0 aliphatic heterocycles. The Hall–Kier alpha value is -2.40. The van der Waals surface area contributed by atoms with Crippen molar-refractivity contribution in [1.82, 2.24) is 14.3 Å². The van der Waals surface area contributed by atoms with E-state index in [4.69, 9.17) is 0 Å². The lowest BCUT2D eigenvalue weighted by Gasteiger charge is -2.18. The second kappa shape index (κ2) is 6.37. The summed E-state index contributed by atoms with van der Waals surface area (Å²) in [5, 5.41) is 9.37. The van der Waals surface area contributed by atoms with Gasteiger partial charge in [-0.15, -0.1) is 13.2 Å². The number of pyridine rings is 1. The van der Waals surface area contributed by atoms with Crippen molar-refractivity contribution < 1.29 is 9.90 Å². The highest BCUT2D eigenvalue weighted by molar-refractivity contribution is 5.88. The Morgan fingerprint density at radius 1 is 1.38 bits per heavy atom. The van der Waals surface area contributed by atoms with Crippen LogP contribution in [-0.2, 0) is 6.54 Å². The van der Waals surface area contributed by atoms with Crippen molar-refractivity contribution in [3.63, 3.8) is 0 Å². The largest absolute Gasteiger partial charge is 0.476 e. The monoisotopic (exact) mass is 285 g/mol. The van der Waals surface area contributed by atoms with E-state index in [9.17, 15) is 9.90 Å². The van der Waals surface area contributed by atoms with Crippen molar-refractivity contribution in [2.75, 3.05) is 13.1 Å². The smallest absolute Gasteiger partial charge is 0.356 e. The minimum Gasteiger partial charge on any atom is -0.476 e. The summed E-state index contributed by atoms with van der Waals surface area (Å²) in [6.45, 7) is 11.2. The lowest BCUT2D eigenvalue weighted by molar-refractivity contribution is 0.0688. The van der Waals surface area contributed by atoms with Crippen LogP contribution in [0.1, 0.15) is 21.7 Å². The Bertz CT molecular complexity index is 678. The van der Waals surface area contributed by atoms with Crippen molar-refractivity contribution in [3.8, 4) is 0 Å². The molecule has 0 saturated carbocycles. The maximum atomic E-state index is 11.4. The first-order valence-electron chi connectivity index (χ1n) is 6.71. The molecule has 2 rings (SSSR count). The number of carboxylic acids is 1. The van der Waals surface area contributed by atoms with Gasteiger partial charge in [0.05, 0.1) is 5.69 Å². The third kappa shape index (κ3) is 3.20. The van der Waals surface area contributed by atoms with Gasteiger partial charge in [0.2, 0.25) is 0 Å². The lowest BCUT2D eigenvalue weighted by atomic mass is 10.2. The summed E-state index contributed by atoms with van der Waals surface area (Å²) in [5.74, 6) is -1.01. The number of carboxylic acid groups (broad SMARTS) is 1. The Balaban J connectivity index is 2.50. The van der Waals surface area contributed by atoms with Crippen molar-refractivity contribution in [2.45, 2.75) is 13.5 Å². The lowest BCUT2D eigenvalue weighted by Crippen LogP contribution is -2.25. The van der Waals surface area contributed by atoms with Crippen molar-refractivity contribution >= 4 is 11.6 Å². The molecule has 110 valence electrons. The highest BCUT2D eigenvalue weighted by Gasteiger charge is 2.19. The summed E-state index contributed by atoms with van der Waals surface area (Å²) in [6.07, 6.45) is 5.49. The average Bonchev–Trinajstić information content (AvgIpc) is 2.78. The number of aryl methyl sites for hydroxylation is 1. The van der Waals surface area contributed by atoms with Gasteiger partial charge in [-0.3, -0.25) is 4.90 Å². The van der Waals surface area contributed by atoms with Crippen LogP contribution in [0.15, 0.2) is 43.6 Å². The number of rotatable bonds is 7. The van der Waals surface area contributed by atoms with E-state index < -0.39 is 5.97 Å². The molecule has 2 aromatic rings. The quantitative estimate of drug-likeness (QED) is 0.794. The molecular formula is C16H19N3O2. The second-order valence-electron chi connectivity index (χ2n) is 4.92. The molecule has 21 heavy (non-hydrogen) atoms. The van der Waals surface area contributed by atoms with Gasteiger partial charge in [0.25, 0.3) is 0 Å². The van der Waals surface area contributed by atoms with Crippen molar-refractivity contribution in [2.24, 2.45) is 0 Å². The number of hydrogen-bond acceptors (Lipinski definition) is 3. The molecule has 0 aliphatic carbocycles. The standard InChI is InChI=1S/C16H19N3O2/c1-4-8-18(9-5-2)11-13-15(16(20)21)17-14-7-6-12(3)10-19(13)14/h4-7,10H,1-2,8-9,11H2,3H3,(H,20,21). The van der Waals surface area contributed by atoms with Gasteiger partial charge in [-0.05, 0) is 18.6 Å². The van der Waals surface area contributed by atoms with Crippen LogP contribution in [0.3, 0.4) is 0 Å². The van der Waals surface area contributed by atoms with Crippen LogP contribution in [-0.4, -0.2) is 38.4 Å². The Morgan fingerprint density at radius 3 is 2.62 bits per heavy atom. The van der Waals surface area contributed by atoms with E-state index in [-0.39, 0.29) is 5.69 Å². The van der Waals surface area contributed by atoms with Crippen LogP contribution in [0.4, 0.5) is 0 Å². The number of imidazole rings is 1. The Labute approximate surface area is 123 Å². The van der Waals surface area contributed by atoms with Gasteiger partial charge >= 0.3 is 5.97 Å². The molecule has 2 heterocycles. The van der Waals surface area contributed by atoms with Crippen LogP contribution in [0.2, 0.25) is 0 Å². The summed E-state index contributed by atoms with van der Waals surface area (Å²) < 4.78 is 1.85. The van der Waals surface area contributed by atoms with Gasteiger partial charge in [0, 0.05) is 25.8 Å². The van der Waals surface area contributed by atoms with Crippen LogP contribution >= 0.6 is 0 Å². The summed E-state index contributed by atoms with van der Waals surface area (Å²) in [4.78, 5) is 17.7. The molecule has 0 radical (unpaired) electrons. The fourth-order valence-electron chi connectivity index (χ4n) is 2.30. The summed E-state index contributed by atoms with van der Waals surface area (Å²) in [6, 6.07) is 3.75. The van der Waals surface area contributed by atoms with Crippen LogP contribution in [0.5, 0.6) is 0 Å². The average molecular weight is 285 g/mol. The maximum Gasteiger partial charge on any atom is 0.356 e. The molecule has 5 nitrogen and oxygen atoms in total. The molecule has 0 aliphatic rings. The number of aromatic carboxylic acids is 1. The minimum absolute atomic E-state index is 0.0960. The minimum atomic E-state index is -1.01. The third-order valence-electron chi connectivity index (χ3n) is 3.22. The zero-order valence-corrected chi connectivity index (χ0v) is 12.1. The topological polar surface area (TPSA) is 57.8 Å². The molecule has 0 bridgehead atoms. The fraction of sp³-hybridized carbons (Fsp3) is 0.250. The Morgan fingerprint density at radius 2 is 2.05 bits per heavy atom. The van der Waals surface area contributed by atoms with E-state index in [2.05, 4.69) is 23.0 Å². The number of aromatic nitrogens is 2. The predicted octanol–water partition coefficient (Wildman–Crippen LogP) is 2.51. The summed E-state index contributed by atoms with van der Waals surface area (Å²) in [5.41, 5.74) is 2.46. The molecule has 0 unspecified atom stereocenters. The number of fused-ring (bicyclic) bond motifs is 1. The predicted molar refractivity (Wildman–Crippen MR) is 82.6 cm³/mol. The number of hydrogen-bond donors (Lipinski definition) is 1. The molecule has 0 fully saturated rings. The molecule has 5 heteroatoms. The normalized spacial score (nSPS) is 11.0. The molecule has 0 spiro atoms. The van der Waals surface area contributed by atoms with E-state index >= 15 is 0 Å². The highest BCUT2D eigenvalue weighted by Crippen LogP contribution is 2.16. The van der Waals surface area contributed by atoms with E-state index in [1.165, 1.54) is 0 Å². The van der Waals surface area contributed by atoms with Crippen LogP contribution < -0.4 is 0 Å². The van der Waals surface area contributed by atoms with Gasteiger partial charge in [0.15, 0.2) is 5.69 Å². The van der Waals surface area contributed by atoms with Gasteiger partial charge in [-0.2, -0.15) is 0 Å². The van der Waals surface area contributed by atoms with E-state index in [0.717, 1.165) is 5.56 Å². The molecule has 0 amide bonds. The first-order valence-corrected chi connectivity index (χ1v) is 6.71. The molecular weight excluding hydrogens is 266 g/mol. The third-order valence-corrected chi connectivity index (χ3v) is 3.22. The second-order valence-corrected chi connectivity index (χ2v) is 4.92. The zero-order chi connectivity index (χ0) is 15.4.